The molecule has 0 radical (unpaired) electrons. The quantitative estimate of drug-likeness (QED) is 0.704. The van der Waals surface area contributed by atoms with E-state index in [9.17, 15) is 0 Å². The third-order valence-corrected chi connectivity index (χ3v) is 83.8. The van der Waals surface area contributed by atoms with E-state index >= 15 is 0 Å². The molecule has 0 amide bonds. The monoisotopic (exact) mass is 290 g/mol. The third-order valence-electron chi connectivity index (χ3n) is 15.8. The van der Waals surface area contributed by atoms with Gasteiger partial charge >= 0.3 is 77.2 Å². The second-order valence-corrected chi connectivity index (χ2v) is 47.0. The molecular formula is C13H16ORu. The molecule has 10 rings (SSSR count). The van der Waals surface area contributed by atoms with Crippen molar-refractivity contribution in [1.82, 2.24) is 0 Å². The van der Waals surface area contributed by atoms with Gasteiger partial charge in [-0.15, -0.1) is 0 Å². The van der Waals surface area contributed by atoms with Crippen molar-refractivity contribution in [1.29, 1.82) is 0 Å². The van der Waals surface area contributed by atoms with Crippen molar-refractivity contribution in [2.24, 2.45) is 0 Å². The van der Waals surface area contributed by atoms with Gasteiger partial charge < -0.3 is 0 Å². The zero-order chi connectivity index (χ0) is 9.35. The van der Waals surface area contributed by atoms with Crippen LogP contribution in [0.1, 0.15) is 13.3 Å². The summed E-state index contributed by atoms with van der Waals surface area (Å²) in [7, 11) is -1.11. The molecule has 10 fully saturated rings. The topological polar surface area (TPSA) is 9.23 Å². The van der Waals surface area contributed by atoms with E-state index in [1.165, 1.54) is 36.1 Å². The summed E-state index contributed by atoms with van der Waals surface area (Å²) in [4.78, 5) is 0. The average molecular weight is 289 g/mol. The SMILES string of the molecule is CC[C]12[CH]3[CH]4[CH]5[CH]1[Ru]45321678[CH]2[CH]1[CH]6[C]7(OC)[CH]28. The molecule has 1 spiro atoms. The Hall–Kier alpha value is 0.583. The number of methoxy groups -OCH3 is 1. The van der Waals surface area contributed by atoms with Gasteiger partial charge in [0.1, 0.15) is 0 Å². The molecule has 0 saturated carbocycles. The van der Waals surface area contributed by atoms with Crippen molar-refractivity contribution in [2.75, 3.05) is 7.11 Å². The third kappa shape index (κ3) is 0.0427. The number of fused-ring (bicyclic) bond motifs is 10. The maximum atomic E-state index is 6.36. The van der Waals surface area contributed by atoms with Crippen molar-refractivity contribution in [3.8, 4) is 0 Å². The molecule has 10 aliphatic heterocycles. The predicted molar refractivity (Wildman–Crippen MR) is 52.7 cm³/mol. The van der Waals surface area contributed by atoms with Gasteiger partial charge in [-0.2, -0.15) is 0 Å². The summed E-state index contributed by atoms with van der Waals surface area (Å²) in [5.74, 6) is 0. The van der Waals surface area contributed by atoms with Crippen molar-refractivity contribution in [2.45, 2.75) is 57.6 Å². The van der Waals surface area contributed by atoms with Crippen molar-refractivity contribution >= 4 is 0 Å². The molecule has 0 aliphatic carbocycles. The van der Waals surface area contributed by atoms with Crippen LogP contribution in [-0.2, 0) is 12.5 Å². The maximum absolute atomic E-state index is 6.36. The Morgan fingerprint density at radius 1 is 1.00 bits per heavy atom. The van der Waals surface area contributed by atoms with Crippen LogP contribution in [0.15, 0.2) is 0 Å². The van der Waals surface area contributed by atoms with Crippen LogP contribution in [-0.4, -0.2) is 11.3 Å². The molecular weight excluding hydrogens is 273 g/mol. The Morgan fingerprint density at radius 3 is 1.73 bits per heavy atom. The first kappa shape index (κ1) is 5.48. The number of hydrogen-bond donors (Lipinski definition) is 0. The van der Waals surface area contributed by atoms with Crippen LogP contribution in [0.2, 0.25) is 40.1 Å². The zero-order valence-electron chi connectivity index (χ0n) is 9.09. The number of rotatable bonds is 2. The van der Waals surface area contributed by atoms with E-state index in [-0.39, 0.29) is 0 Å². The first-order chi connectivity index (χ1) is 7.05. The Balaban J connectivity index is 1.88. The standard InChI is InChI=1S/C7H9.C6H7O.Ru/c1-2-7-5-3-4-6-7;1-7-6-4-2-3-5-6;/h3-6H,2H2,1H3;2-5H,1H3;. The van der Waals surface area contributed by atoms with E-state index in [2.05, 4.69) is 14.0 Å². The minimum absolute atomic E-state index is 0.717. The van der Waals surface area contributed by atoms with Gasteiger partial charge in [-0.3, -0.25) is 0 Å². The molecule has 8 unspecified atom stereocenters. The van der Waals surface area contributed by atoms with E-state index in [0.29, 0.717) is 4.20 Å². The average Bonchev–Trinajstić information content (AvgIpc) is 3.22. The van der Waals surface area contributed by atoms with Gasteiger partial charge in [-0.1, -0.05) is 0 Å². The van der Waals surface area contributed by atoms with Gasteiger partial charge in [0.05, 0.1) is 0 Å². The van der Waals surface area contributed by atoms with Crippen molar-refractivity contribution < 1.29 is 12.5 Å². The van der Waals surface area contributed by atoms with Crippen LogP contribution in [0, 0.1) is 0 Å². The molecule has 10 saturated heterocycles. The van der Waals surface area contributed by atoms with Gasteiger partial charge in [0.15, 0.2) is 0 Å². The van der Waals surface area contributed by atoms with Gasteiger partial charge in [-0.25, -0.2) is 0 Å². The van der Waals surface area contributed by atoms with Gasteiger partial charge in [-0.05, 0) is 0 Å². The van der Waals surface area contributed by atoms with E-state index in [1.807, 2.05) is 0 Å². The first-order valence-electron chi connectivity index (χ1n) is 6.81. The van der Waals surface area contributed by atoms with E-state index < -0.39 is 7.72 Å². The molecule has 0 N–H and O–H groups in total. The molecule has 10 heterocycles. The van der Waals surface area contributed by atoms with Crippen LogP contribution >= 0.6 is 0 Å². The number of hydrogen-bond acceptors (Lipinski definition) is 1. The molecule has 1 nitrogen and oxygen atoms in total. The Bertz CT molecular complexity index is 856. The number of ether oxygens (including phenoxy) is 1. The summed E-state index contributed by atoms with van der Waals surface area (Å²) in [5, 5.41) is 0. The van der Waals surface area contributed by atoms with E-state index in [1.54, 1.807) is 6.42 Å². The molecule has 82 valence electrons. The van der Waals surface area contributed by atoms with Crippen molar-refractivity contribution in [3.63, 3.8) is 0 Å². The van der Waals surface area contributed by atoms with Crippen LogP contribution in [0.25, 0.3) is 0 Å². The Morgan fingerprint density at radius 2 is 1.53 bits per heavy atom. The minimum atomic E-state index is -3.22. The van der Waals surface area contributed by atoms with Gasteiger partial charge in [0.25, 0.3) is 0 Å². The molecule has 0 aromatic heterocycles. The summed E-state index contributed by atoms with van der Waals surface area (Å²) in [6.45, 7) is 2.55. The van der Waals surface area contributed by atoms with Crippen molar-refractivity contribution in [3.05, 3.63) is 0 Å². The Labute approximate surface area is 77.3 Å². The van der Waals surface area contributed by atoms with Crippen LogP contribution in [0.3, 0.4) is 0 Å². The molecule has 10 aliphatic rings. The summed E-state index contributed by atoms with van der Waals surface area (Å²) in [5.41, 5.74) is 0. The van der Waals surface area contributed by atoms with Gasteiger partial charge in [0.2, 0.25) is 0 Å². The Kier molecular flexibility index (Phi) is 0.141. The summed E-state index contributed by atoms with van der Waals surface area (Å²) in [6, 6.07) is 0. The van der Waals surface area contributed by atoms with Crippen LogP contribution < -0.4 is 0 Å². The van der Waals surface area contributed by atoms with Gasteiger partial charge in [0, 0.05) is 0 Å². The van der Waals surface area contributed by atoms with E-state index in [0.717, 1.165) is 4.01 Å². The normalized spacial score (nSPS) is 139. The molecule has 0 aromatic carbocycles. The fourth-order valence-corrected chi connectivity index (χ4v) is 154. The molecule has 2 heteroatoms. The van der Waals surface area contributed by atoms with Crippen LogP contribution in [0.5, 0.6) is 0 Å². The zero-order valence-corrected chi connectivity index (χ0v) is 10.8. The summed E-state index contributed by atoms with van der Waals surface area (Å²) >= 11 is 0. The second kappa shape index (κ2) is 0.385. The fourth-order valence-electron chi connectivity index (χ4n) is 18.3. The molecule has 0 bridgehead atoms. The molecule has 8 atom stereocenters. The van der Waals surface area contributed by atoms with E-state index in [4.69, 9.17) is 4.74 Å². The fraction of sp³-hybridized carbons (Fsp3) is 1.00. The molecule has 15 heavy (non-hydrogen) atoms. The predicted octanol–water partition coefficient (Wildman–Crippen LogP) is 3.71. The van der Waals surface area contributed by atoms with Crippen LogP contribution in [0.4, 0.5) is 0 Å². The first-order valence-corrected chi connectivity index (χ1v) is 16.6. The summed E-state index contributed by atoms with van der Waals surface area (Å²) < 4.78 is 19.4. The summed E-state index contributed by atoms with van der Waals surface area (Å²) in [6.07, 6.45) is 1.60. The second-order valence-electron chi connectivity index (χ2n) is 10.4. The molecule has 0 aromatic rings.